The standard InChI is InChI=1S/C27H32ClN5OS/c1-16(2)34-23-14-19-18(11-12-30-27(19,5)6)13-22(23)32-26-29-15-20(28)25(33-26)31-21-9-7-8-10-24(21)35-17(3)4/h8,10,13-17,30H,11-12H2,1-6H3,(H2,29,31,32,33). The molecule has 0 unspecified atom stereocenters. The maximum atomic E-state index is 6.46. The van der Waals surface area contributed by atoms with Gasteiger partial charge in [0.2, 0.25) is 5.95 Å². The molecule has 1 aliphatic rings. The first-order valence-electron chi connectivity index (χ1n) is 11.9. The quantitative estimate of drug-likeness (QED) is 0.286. The third-order valence-corrected chi connectivity index (χ3v) is 6.90. The molecule has 0 aliphatic carbocycles. The molecule has 0 saturated heterocycles. The molecule has 1 aromatic heterocycles. The molecule has 0 atom stereocenters. The SMILES string of the molecule is CC(C)Oc1cc2c(cc1Nc1ncc(Cl)c(Nc3c#cccc3SC(C)C)n1)CCNC2(C)C. The lowest BCUT2D eigenvalue weighted by Gasteiger charge is -2.35. The maximum absolute atomic E-state index is 6.46. The van der Waals surface area contributed by atoms with Crippen molar-refractivity contribution in [3.8, 4) is 5.75 Å². The van der Waals surface area contributed by atoms with Crippen molar-refractivity contribution in [3.05, 3.63) is 58.7 Å². The summed E-state index contributed by atoms with van der Waals surface area (Å²) in [6, 6.07) is 14.3. The van der Waals surface area contributed by atoms with Crippen LogP contribution in [-0.2, 0) is 12.0 Å². The molecule has 3 aromatic rings. The van der Waals surface area contributed by atoms with Gasteiger partial charge in [-0.15, -0.1) is 11.8 Å². The van der Waals surface area contributed by atoms with Crippen molar-refractivity contribution in [1.82, 2.24) is 15.3 Å². The van der Waals surface area contributed by atoms with E-state index in [-0.39, 0.29) is 11.6 Å². The minimum absolute atomic E-state index is 0.0263. The zero-order chi connectivity index (χ0) is 25.2. The average Bonchev–Trinajstić information content (AvgIpc) is 2.77. The van der Waals surface area contributed by atoms with E-state index >= 15 is 0 Å². The summed E-state index contributed by atoms with van der Waals surface area (Å²) in [6.07, 6.45) is 2.56. The molecular formula is C27H32ClN5OS. The Morgan fingerprint density at radius 3 is 2.74 bits per heavy atom. The predicted octanol–water partition coefficient (Wildman–Crippen LogP) is 6.89. The molecule has 8 heteroatoms. The van der Waals surface area contributed by atoms with Crippen molar-refractivity contribution in [2.45, 2.75) is 69.8 Å². The molecule has 2 aromatic carbocycles. The van der Waals surface area contributed by atoms with E-state index in [9.17, 15) is 0 Å². The number of hydrogen-bond acceptors (Lipinski definition) is 7. The molecule has 3 N–H and O–H groups in total. The lowest BCUT2D eigenvalue weighted by atomic mass is 9.85. The third kappa shape index (κ3) is 6.13. The van der Waals surface area contributed by atoms with Crippen molar-refractivity contribution < 1.29 is 4.74 Å². The summed E-state index contributed by atoms with van der Waals surface area (Å²) in [7, 11) is 0. The minimum Gasteiger partial charge on any atom is -0.489 e. The molecule has 2 heterocycles. The maximum Gasteiger partial charge on any atom is 0.229 e. The van der Waals surface area contributed by atoms with Gasteiger partial charge in [-0.1, -0.05) is 31.5 Å². The Morgan fingerprint density at radius 1 is 1.20 bits per heavy atom. The van der Waals surface area contributed by atoms with Crippen LogP contribution in [0.2, 0.25) is 5.02 Å². The summed E-state index contributed by atoms with van der Waals surface area (Å²) >= 11 is 8.20. The van der Waals surface area contributed by atoms with Crippen LogP contribution < -0.4 is 20.7 Å². The van der Waals surface area contributed by atoms with Gasteiger partial charge in [-0.05, 0) is 82.1 Å². The molecule has 0 fully saturated rings. The second kappa shape index (κ2) is 10.5. The van der Waals surface area contributed by atoms with E-state index in [1.807, 2.05) is 26.0 Å². The minimum atomic E-state index is -0.121. The number of fused-ring (bicyclic) bond motifs is 1. The highest BCUT2D eigenvalue weighted by molar-refractivity contribution is 8.00. The van der Waals surface area contributed by atoms with Gasteiger partial charge in [-0.3, -0.25) is 0 Å². The molecule has 0 spiro atoms. The van der Waals surface area contributed by atoms with Crippen LogP contribution in [-0.4, -0.2) is 27.9 Å². The normalized spacial score (nSPS) is 14.4. The second-order valence-electron chi connectivity index (χ2n) is 9.62. The van der Waals surface area contributed by atoms with Crippen molar-refractivity contribution in [2.24, 2.45) is 0 Å². The number of benzene rings is 1. The Balaban J connectivity index is 1.66. The van der Waals surface area contributed by atoms with Crippen molar-refractivity contribution in [2.75, 3.05) is 17.2 Å². The van der Waals surface area contributed by atoms with Gasteiger partial charge in [-0.25, -0.2) is 4.98 Å². The molecule has 0 bridgehead atoms. The topological polar surface area (TPSA) is 71.1 Å². The first kappa shape index (κ1) is 25.4. The van der Waals surface area contributed by atoms with E-state index in [2.05, 4.69) is 77.9 Å². The fourth-order valence-electron chi connectivity index (χ4n) is 4.04. The number of thioether (sulfide) groups is 1. The number of nitrogens with zero attached hydrogens (tertiary/aromatic N) is 2. The van der Waals surface area contributed by atoms with Gasteiger partial charge in [0, 0.05) is 15.7 Å². The van der Waals surface area contributed by atoms with Crippen LogP contribution in [0.1, 0.15) is 52.7 Å². The summed E-state index contributed by atoms with van der Waals surface area (Å²) < 4.78 is 6.18. The number of ether oxygens (including phenoxy) is 1. The van der Waals surface area contributed by atoms with Gasteiger partial charge in [0.15, 0.2) is 5.82 Å². The molecular weight excluding hydrogens is 478 g/mol. The fraction of sp³-hybridized carbons (Fsp3) is 0.407. The summed E-state index contributed by atoms with van der Waals surface area (Å²) in [5.41, 5.74) is 4.02. The number of aromatic nitrogens is 2. The number of hydrogen-bond donors (Lipinski definition) is 3. The fourth-order valence-corrected chi connectivity index (χ4v) is 5.05. The van der Waals surface area contributed by atoms with Crippen LogP contribution in [0.15, 0.2) is 35.4 Å². The van der Waals surface area contributed by atoms with E-state index in [4.69, 9.17) is 16.3 Å². The van der Waals surface area contributed by atoms with Crippen LogP contribution >= 0.6 is 23.4 Å². The number of anilines is 4. The lowest BCUT2D eigenvalue weighted by molar-refractivity contribution is 0.242. The second-order valence-corrected chi connectivity index (χ2v) is 11.6. The highest BCUT2D eigenvalue weighted by Crippen LogP contribution is 2.38. The van der Waals surface area contributed by atoms with Crippen LogP contribution in [0.3, 0.4) is 0 Å². The number of nitrogens with one attached hydrogen (secondary N) is 3. The first-order chi connectivity index (χ1) is 16.6. The molecule has 1 aliphatic heterocycles. The Morgan fingerprint density at radius 2 is 2.00 bits per heavy atom. The summed E-state index contributed by atoms with van der Waals surface area (Å²) in [4.78, 5) is 10.1. The van der Waals surface area contributed by atoms with Crippen molar-refractivity contribution in [1.29, 1.82) is 0 Å². The van der Waals surface area contributed by atoms with Crippen LogP contribution in [0.5, 0.6) is 5.75 Å². The van der Waals surface area contributed by atoms with Gasteiger partial charge in [-0.2, -0.15) is 4.98 Å². The Hall–Kier alpha value is -2.66. The number of rotatable bonds is 8. The van der Waals surface area contributed by atoms with E-state index in [0.717, 1.165) is 35.0 Å². The van der Waals surface area contributed by atoms with Crippen molar-refractivity contribution >= 4 is 46.5 Å². The molecule has 6 nitrogen and oxygen atoms in total. The molecule has 184 valence electrons. The van der Waals surface area contributed by atoms with E-state index < -0.39 is 0 Å². The largest absolute Gasteiger partial charge is 0.489 e. The summed E-state index contributed by atoms with van der Waals surface area (Å²) in [5, 5.41) is 11.1. The van der Waals surface area contributed by atoms with Crippen LogP contribution in [0.25, 0.3) is 0 Å². The van der Waals surface area contributed by atoms with E-state index in [0.29, 0.717) is 22.0 Å². The number of halogens is 1. The molecule has 35 heavy (non-hydrogen) atoms. The van der Waals surface area contributed by atoms with Gasteiger partial charge >= 0.3 is 0 Å². The Kier molecular flexibility index (Phi) is 7.65. The van der Waals surface area contributed by atoms with Crippen molar-refractivity contribution in [3.63, 3.8) is 0 Å². The lowest BCUT2D eigenvalue weighted by Crippen LogP contribution is -2.42. The Bertz CT molecular complexity index is 1200. The summed E-state index contributed by atoms with van der Waals surface area (Å²) in [5.74, 6) is 1.70. The molecule has 4 rings (SSSR count). The highest BCUT2D eigenvalue weighted by Gasteiger charge is 2.28. The monoisotopic (exact) mass is 509 g/mol. The zero-order valence-electron chi connectivity index (χ0n) is 21.0. The first-order valence-corrected chi connectivity index (χ1v) is 13.1. The van der Waals surface area contributed by atoms with Crippen LogP contribution in [0, 0.1) is 12.1 Å². The smallest absolute Gasteiger partial charge is 0.229 e. The summed E-state index contributed by atoms with van der Waals surface area (Å²) in [6.45, 7) is 13.7. The zero-order valence-corrected chi connectivity index (χ0v) is 22.6. The molecule has 0 saturated carbocycles. The van der Waals surface area contributed by atoms with E-state index in [1.54, 1.807) is 18.0 Å². The van der Waals surface area contributed by atoms with Gasteiger partial charge in [0.1, 0.15) is 16.5 Å². The average molecular weight is 510 g/mol. The molecule has 0 amide bonds. The van der Waals surface area contributed by atoms with Gasteiger partial charge in [0.25, 0.3) is 0 Å². The van der Waals surface area contributed by atoms with Crippen LogP contribution in [0.4, 0.5) is 23.1 Å². The highest BCUT2D eigenvalue weighted by atomic mass is 35.5. The predicted molar refractivity (Wildman–Crippen MR) is 146 cm³/mol. The van der Waals surface area contributed by atoms with Gasteiger partial charge < -0.3 is 20.7 Å². The Labute approximate surface area is 217 Å². The molecule has 0 radical (unpaired) electrons. The third-order valence-electron chi connectivity index (χ3n) is 5.56. The van der Waals surface area contributed by atoms with E-state index in [1.165, 1.54) is 11.1 Å². The van der Waals surface area contributed by atoms with Gasteiger partial charge in [0.05, 0.1) is 18.0 Å².